The summed E-state index contributed by atoms with van der Waals surface area (Å²) in [7, 11) is 1.27. The molecule has 6 rings (SSSR count). The number of aromatic nitrogens is 3. The number of nitrogens with one attached hydrogen (secondary N) is 2. The van der Waals surface area contributed by atoms with Gasteiger partial charge in [-0.1, -0.05) is 97.7 Å². The Kier molecular flexibility index (Phi) is 11.8. The maximum absolute atomic E-state index is 13.9. The number of carbonyl (C=O) groups is 1. The second kappa shape index (κ2) is 16.1. The summed E-state index contributed by atoms with van der Waals surface area (Å²) in [5.41, 5.74) is -0.181. The molecule has 56 heavy (non-hydrogen) atoms. The number of methoxy groups -OCH3 is 2. The number of amides is 1. The number of halogens is 2. The van der Waals surface area contributed by atoms with Crippen LogP contribution in [0.15, 0.2) is 83.8 Å². The first-order chi connectivity index (χ1) is 26.5. The third-order valence-corrected chi connectivity index (χ3v) is 15.9. The average molecular weight is 819 g/mol. The van der Waals surface area contributed by atoms with Gasteiger partial charge in [0.15, 0.2) is 0 Å². The number of ether oxygens (including phenoxy) is 3. The smallest absolute Gasteiger partial charge is 0.407 e. The molecule has 3 atom stereocenters. The average Bonchev–Trinajstić information content (AvgIpc) is 3.51. The summed E-state index contributed by atoms with van der Waals surface area (Å²) >= 11 is 13.4. The van der Waals surface area contributed by atoms with Crippen LogP contribution in [-0.4, -0.2) is 65.6 Å². The maximum atomic E-state index is 13.9. The second-order valence-corrected chi connectivity index (χ2v) is 20.7. The number of pyridine rings is 1. The normalized spacial score (nSPS) is 17.4. The molecule has 3 aromatic carbocycles. The Labute approximate surface area is 338 Å². The number of rotatable bonds is 11. The minimum atomic E-state index is -3.29. The molecular formula is C42H49Cl2N5O6Si. The molecule has 296 valence electrons. The fourth-order valence-corrected chi connectivity index (χ4v) is 12.6. The van der Waals surface area contributed by atoms with Crippen LogP contribution < -0.4 is 36.0 Å². The Morgan fingerprint density at radius 1 is 0.911 bits per heavy atom. The SMILES string of the molecule is COc1cc(OC)c(Cl)c(-c2cc3cnc(NC4CC(CC(C)(C)[Si](O)(c5ccccc5)c5ccccc5)CC4NC(=O)OC(C)(C)C)nc3n(C)c2=O)c1Cl. The molecule has 0 radical (unpaired) electrons. The molecule has 2 aromatic heterocycles. The molecule has 1 aliphatic carbocycles. The van der Waals surface area contributed by atoms with Gasteiger partial charge in [0.2, 0.25) is 5.95 Å². The predicted molar refractivity (Wildman–Crippen MR) is 225 cm³/mol. The zero-order valence-electron chi connectivity index (χ0n) is 32.9. The Morgan fingerprint density at radius 2 is 1.46 bits per heavy atom. The van der Waals surface area contributed by atoms with Crippen molar-refractivity contribution in [3.8, 4) is 22.6 Å². The van der Waals surface area contributed by atoms with E-state index in [-0.39, 0.29) is 44.7 Å². The summed E-state index contributed by atoms with van der Waals surface area (Å²) in [6.45, 7) is 9.78. The molecule has 0 aliphatic heterocycles. The lowest BCUT2D eigenvalue weighted by molar-refractivity contribution is 0.0502. The Balaban J connectivity index is 1.33. The largest absolute Gasteiger partial charge is 0.495 e. The topological polar surface area (TPSA) is 137 Å². The lowest BCUT2D eigenvalue weighted by Crippen LogP contribution is -2.65. The van der Waals surface area contributed by atoms with Gasteiger partial charge in [-0.15, -0.1) is 0 Å². The molecule has 14 heteroatoms. The number of hydrogen-bond acceptors (Lipinski definition) is 9. The number of aryl methyl sites for hydroxylation is 1. The Bertz CT molecular complexity index is 2220. The molecule has 0 spiro atoms. The minimum Gasteiger partial charge on any atom is -0.495 e. The van der Waals surface area contributed by atoms with E-state index in [4.69, 9.17) is 42.4 Å². The van der Waals surface area contributed by atoms with Crippen molar-refractivity contribution in [3.05, 3.63) is 99.4 Å². The summed E-state index contributed by atoms with van der Waals surface area (Å²) in [5, 5.41) is 8.89. The first-order valence-corrected chi connectivity index (χ1v) is 21.2. The summed E-state index contributed by atoms with van der Waals surface area (Å²) in [5.74, 6) is 1.01. The van der Waals surface area contributed by atoms with Crippen LogP contribution in [0.4, 0.5) is 10.7 Å². The van der Waals surface area contributed by atoms with Crippen molar-refractivity contribution in [1.29, 1.82) is 0 Å². The number of fused-ring (bicyclic) bond motifs is 1. The van der Waals surface area contributed by atoms with Gasteiger partial charge in [-0.25, -0.2) is 9.78 Å². The number of carbonyl (C=O) groups excluding carboxylic acids is 1. The molecule has 3 unspecified atom stereocenters. The molecule has 0 bridgehead atoms. The van der Waals surface area contributed by atoms with E-state index < -0.39 is 25.0 Å². The number of alkyl carbamates (subject to hydrolysis) is 1. The summed E-state index contributed by atoms with van der Waals surface area (Å²) in [6.07, 6.45) is 3.10. The van der Waals surface area contributed by atoms with Crippen molar-refractivity contribution < 1.29 is 23.8 Å². The van der Waals surface area contributed by atoms with Crippen LogP contribution in [0.25, 0.3) is 22.2 Å². The monoisotopic (exact) mass is 817 g/mol. The van der Waals surface area contributed by atoms with E-state index >= 15 is 0 Å². The summed E-state index contributed by atoms with van der Waals surface area (Å²) in [6, 6.07) is 22.5. The van der Waals surface area contributed by atoms with E-state index in [1.165, 1.54) is 18.8 Å². The lowest BCUT2D eigenvalue weighted by Gasteiger charge is -2.42. The molecule has 1 saturated carbocycles. The van der Waals surface area contributed by atoms with Gasteiger partial charge in [-0.2, -0.15) is 4.98 Å². The molecule has 2 heterocycles. The van der Waals surface area contributed by atoms with Crippen molar-refractivity contribution in [2.75, 3.05) is 19.5 Å². The van der Waals surface area contributed by atoms with Crippen molar-refractivity contribution >= 4 is 65.0 Å². The van der Waals surface area contributed by atoms with Crippen LogP contribution in [0.3, 0.4) is 0 Å². The van der Waals surface area contributed by atoms with Gasteiger partial charge in [-0.3, -0.25) is 9.36 Å². The van der Waals surface area contributed by atoms with E-state index in [0.717, 1.165) is 10.4 Å². The van der Waals surface area contributed by atoms with Crippen LogP contribution in [-0.2, 0) is 11.8 Å². The fraction of sp³-hybridized carbons (Fsp3) is 0.381. The zero-order chi connectivity index (χ0) is 40.6. The van der Waals surface area contributed by atoms with Crippen LogP contribution in [0.5, 0.6) is 11.5 Å². The Morgan fingerprint density at radius 3 is 2.00 bits per heavy atom. The first kappa shape index (κ1) is 41.0. The van der Waals surface area contributed by atoms with Gasteiger partial charge in [0.1, 0.15) is 22.7 Å². The van der Waals surface area contributed by atoms with Gasteiger partial charge < -0.3 is 29.6 Å². The van der Waals surface area contributed by atoms with Gasteiger partial charge in [-0.05, 0) is 67.4 Å². The lowest BCUT2D eigenvalue weighted by atomic mass is 9.94. The quantitative estimate of drug-likeness (QED) is 0.117. The van der Waals surface area contributed by atoms with E-state index in [9.17, 15) is 14.4 Å². The van der Waals surface area contributed by atoms with Crippen molar-refractivity contribution in [3.63, 3.8) is 0 Å². The number of benzene rings is 3. The molecule has 5 aromatic rings. The van der Waals surface area contributed by atoms with Crippen molar-refractivity contribution in [1.82, 2.24) is 19.9 Å². The third kappa shape index (κ3) is 8.11. The summed E-state index contributed by atoms with van der Waals surface area (Å²) in [4.78, 5) is 49.4. The van der Waals surface area contributed by atoms with Crippen LogP contribution in [0.2, 0.25) is 15.1 Å². The van der Waals surface area contributed by atoms with Crippen molar-refractivity contribution in [2.45, 2.75) is 76.6 Å². The highest BCUT2D eigenvalue weighted by atomic mass is 35.5. The van der Waals surface area contributed by atoms with Gasteiger partial charge in [0.05, 0.1) is 35.9 Å². The Hall–Kier alpha value is -4.62. The van der Waals surface area contributed by atoms with Gasteiger partial charge in [0.25, 0.3) is 13.9 Å². The standard InChI is InChI=1S/C42H49Cl2N5O6Si/c1-41(2,3)55-40(51)47-31-20-25(23-42(4,5)56(52,27-15-11-9-12-16-27)28-17-13-10-14-18-28)19-30(31)46-39-45-24-26-21-29(38(50)49(6)37(26)48-39)34-35(43)32(53-7)22-33(54-8)36(34)44/h9-18,21-22,24-25,30-31,52H,19-20,23H2,1-8H3,(H,47,51)(H,45,46,48). The molecule has 1 fully saturated rings. The second-order valence-electron chi connectivity index (χ2n) is 16.1. The highest BCUT2D eigenvalue weighted by Crippen LogP contribution is 2.47. The van der Waals surface area contributed by atoms with E-state index in [1.54, 1.807) is 25.4 Å². The highest BCUT2D eigenvalue weighted by molar-refractivity contribution is 6.98. The van der Waals surface area contributed by atoms with Crippen molar-refractivity contribution in [2.24, 2.45) is 13.0 Å². The van der Waals surface area contributed by atoms with Gasteiger partial charge >= 0.3 is 6.09 Å². The molecule has 0 saturated heterocycles. The number of hydrogen-bond donors (Lipinski definition) is 3. The molecule has 1 amide bonds. The van der Waals surface area contributed by atoms with E-state index in [0.29, 0.717) is 47.7 Å². The van der Waals surface area contributed by atoms with E-state index in [2.05, 4.69) is 29.5 Å². The maximum Gasteiger partial charge on any atom is 0.407 e. The molecular weight excluding hydrogens is 769 g/mol. The zero-order valence-corrected chi connectivity index (χ0v) is 35.5. The van der Waals surface area contributed by atoms with Crippen LogP contribution >= 0.6 is 23.2 Å². The third-order valence-electron chi connectivity index (χ3n) is 10.6. The highest BCUT2D eigenvalue weighted by Gasteiger charge is 2.52. The molecule has 11 nitrogen and oxygen atoms in total. The number of anilines is 1. The van der Waals surface area contributed by atoms with Gasteiger partial charge in [0, 0.05) is 36.3 Å². The van der Waals surface area contributed by atoms with E-state index in [1.807, 2.05) is 81.4 Å². The minimum absolute atomic E-state index is 0.107. The first-order valence-electron chi connectivity index (χ1n) is 18.5. The van der Waals surface area contributed by atoms with Crippen LogP contribution in [0, 0.1) is 5.92 Å². The summed E-state index contributed by atoms with van der Waals surface area (Å²) < 4.78 is 18.0. The molecule has 1 aliphatic rings. The molecule has 3 N–H and O–H groups in total. The number of nitrogens with zero attached hydrogens (tertiary/aromatic N) is 3. The fourth-order valence-electron chi connectivity index (χ4n) is 8.05. The van der Waals surface area contributed by atoms with Crippen LogP contribution in [0.1, 0.15) is 53.9 Å². The predicted octanol–water partition coefficient (Wildman–Crippen LogP) is 7.33.